The number of esters is 1. The fourth-order valence-electron chi connectivity index (χ4n) is 3.92. The van der Waals surface area contributed by atoms with E-state index in [2.05, 4.69) is 12.2 Å². The lowest BCUT2D eigenvalue weighted by Crippen LogP contribution is -2.54. The molecule has 1 amide bonds. The van der Waals surface area contributed by atoms with Crippen LogP contribution in [0.15, 0.2) is 18.2 Å². The zero-order chi connectivity index (χ0) is 24.1. The Labute approximate surface area is 192 Å². The van der Waals surface area contributed by atoms with Gasteiger partial charge in [-0.05, 0) is 62.9 Å². The highest BCUT2D eigenvalue weighted by molar-refractivity contribution is 6.33. The summed E-state index contributed by atoms with van der Waals surface area (Å²) in [6.07, 6.45) is -2.66. The molecule has 1 N–H and O–H groups in total. The summed E-state index contributed by atoms with van der Waals surface area (Å²) in [6.45, 7) is 7.70. The molecular weight excluding hydrogens is 445 g/mol. The van der Waals surface area contributed by atoms with Crippen molar-refractivity contribution in [3.05, 3.63) is 28.8 Å². The molecule has 5 nitrogen and oxygen atoms in total. The summed E-state index contributed by atoms with van der Waals surface area (Å²) in [5, 5.41) is 2.83. The molecule has 1 heterocycles. The minimum atomic E-state index is -4.51. The summed E-state index contributed by atoms with van der Waals surface area (Å²) in [6, 6.07) is 3.54. The van der Waals surface area contributed by atoms with Crippen LogP contribution in [0.25, 0.3) is 0 Å². The number of benzene rings is 1. The minimum absolute atomic E-state index is 0.219. The van der Waals surface area contributed by atoms with Crippen molar-refractivity contribution < 1.29 is 27.5 Å². The number of amides is 1. The van der Waals surface area contributed by atoms with Crippen molar-refractivity contribution in [1.82, 2.24) is 4.90 Å². The third-order valence-electron chi connectivity index (χ3n) is 5.99. The molecule has 1 aromatic rings. The normalized spacial score (nSPS) is 18.6. The molecule has 3 atom stereocenters. The molecule has 9 heteroatoms. The number of carbonyl (C=O) groups excluding carboxylic acids is 2. The molecule has 32 heavy (non-hydrogen) atoms. The zero-order valence-corrected chi connectivity index (χ0v) is 19.7. The maximum Gasteiger partial charge on any atom is 0.393 e. The fourth-order valence-corrected chi connectivity index (χ4v) is 4.08. The molecule has 0 aliphatic carbocycles. The minimum Gasteiger partial charge on any atom is -0.466 e. The molecule has 1 saturated heterocycles. The van der Waals surface area contributed by atoms with Gasteiger partial charge in [0, 0.05) is 0 Å². The Morgan fingerprint density at radius 2 is 1.88 bits per heavy atom. The Morgan fingerprint density at radius 3 is 2.44 bits per heavy atom. The third kappa shape index (κ3) is 7.10. The van der Waals surface area contributed by atoms with Gasteiger partial charge in [0.15, 0.2) is 0 Å². The summed E-state index contributed by atoms with van der Waals surface area (Å²) in [4.78, 5) is 26.6. The van der Waals surface area contributed by atoms with Gasteiger partial charge in [-0.1, -0.05) is 38.4 Å². The molecule has 0 saturated carbocycles. The van der Waals surface area contributed by atoms with Crippen molar-refractivity contribution in [2.24, 2.45) is 17.8 Å². The SMILES string of the molecule is CCOC(=O)C(C)Cc1ccc(Cl)c(NC(=O)C(C(C)C(F)(F)F)N2CCC(C)CC2)c1. The van der Waals surface area contributed by atoms with E-state index in [0.29, 0.717) is 25.4 Å². The number of alkyl halides is 3. The van der Waals surface area contributed by atoms with Crippen molar-refractivity contribution in [1.29, 1.82) is 0 Å². The van der Waals surface area contributed by atoms with Crippen LogP contribution in [0.5, 0.6) is 0 Å². The first kappa shape index (κ1) is 26.5. The van der Waals surface area contributed by atoms with Gasteiger partial charge in [-0.15, -0.1) is 0 Å². The van der Waals surface area contributed by atoms with E-state index in [4.69, 9.17) is 16.3 Å². The predicted molar refractivity (Wildman–Crippen MR) is 119 cm³/mol. The third-order valence-corrected chi connectivity index (χ3v) is 6.32. The van der Waals surface area contributed by atoms with Gasteiger partial charge >= 0.3 is 12.1 Å². The first-order valence-electron chi connectivity index (χ1n) is 11.0. The van der Waals surface area contributed by atoms with Crippen molar-refractivity contribution >= 4 is 29.2 Å². The van der Waals surface area contributed by atoms with Crippen molar-refractivity contribution in [2.75, 3.05) is 25.0 Å². The van der Waals surface area contributed by atoms with E-state index in [1.54, 1.807) is 36.9 Å². The van der Waals surface area contributed by atoms with Gasteiger partial charge in [0.1, 0.15) is 6.04 Å². The molecule has 0 spiro atoms. The topological polar surface area (TPSA) is 58.6 Å². The van der Waals surface area contributed by atoms with Gasteiger partial charge in [-0.25, -0.2) is 0 Å². The Balaban J connectivity index is 2.22. The molecule has 1 fully saturated rings. The number of carbonyl (C=O) groups is 2. The summed E-state index contributed by atoms with van der Waals surface area (Å²) in [5.41, 5.74) is 0.951. The number of rotatable bonds is 8. The number of nitrogens with zero attached hydrogens (tertiary/aromatic N) is 1. The average molecular weight is 477 g/mol. The second-order valence-electron chi connectivity index (χ2n) is 8.65. The van der Waals surface area contributed by atoms with Gasteiger partial charge in [0.2, 0.25) is 5.91 Å². The lowest BCUT2D eigenvalue weighted by Gasteiger charge is -2.39. The lowest BCUT2D eigenvalue weighted by atomic mass is 9.92. The van der Waals surface area contributed by atoms with E-state index < -0.39 is 30.0 Å². The Morgan fingerprint density at radius 1 is 1.25 bits per heavy atom. The number of hydrogen-bond acceptors (Lipinski definition) is 4. The Bertz CT molecular complexity index is 795. The van der Waals surface area contributed by atoms with Crippen LogP contribution in [0.1, 0.15) is 46.1 Å². The second-order valence-corrected chi connectivity index (χ2v) is 9.06. The number of likely N-dealkylation sites (tertiary alicyclic amines) is 1. The maximum absolute atomic E-state index is 13.6. The number of ether oxygens (including phenoxy) is 1. The van der Waals surface area contributed by atoms with Gasteiger partial charge in [0.25, 0.3) is 0 Å². The summed E-state index contributed by atoms with van der Waals surface area (Å²) in [7, 11) is 0. The number of piperidine rings is 1. The van der Waals surface area contributed by atoms with Crippen LogP contribution in [-0.4, -0.2) is 48.7 Å². The highest BCUT2D eigenvalue weighted by atomic mass is 35.5. The van der Waals surface area contributed by atoms with Crippen LogP contribution in [0.4, 0.5) is 18.9 Å². The monoisotopic (exact) mass is 476 g/mol. The molecular formula is C23H32ClF3N2O3. The number of anilines is 1. The van der Waals surface area contributed by atoms with E-state index in [1.165, 1.54) is 0 Å². The Hall–Kier alpha value is -1.80. The van der Waals surface area contributed by atoms with Gasteiger partial charge in [-0.3, -0.25) is 14.5 Å². The van der Waals surface area contributed by atoms with Crippen LogP contribution in [-0.2, 0) is 20.7 Å². The molecule has 1 aromatic carbocycles. The molecule has 1 aliphatic heterocycles. The standard InChI is InChI=1S/C23H32ClF3N2O3/c1-5-32-22(31)15(3)12-17-6-7-18(24)19(13-17)28-21(30)20(16(4)23(25,26)27)29-10-8-14(2)9-11-29/h6-7,13-16,20H,5,8-12H2,1-4H3,(H,28,30). The van der Waals surface area contributed by atoms with E-state index in [0.717, 1.165) is 25.3 Å². The maximum atomic E-state index is 13.6. The van der Waals surface area contributed by atoms with E-state index in [-0.39, 0.29) is 23.3 Å². The van der Waals surface area contributed by atoms with Crippen LogP contribution >= 0.6 is 11.6 Å². The number of nitrogens with one attached hydrogen (secondary N) is 1. The summed E-state index contributed by atoms with van der Waals surface area (Å²) >= 11 is 6.23. The first-order chi connectivity index (χ1) is 14.9. The molecule has 0 radical (unpaired) electrons. The zero-order valence-electron chi connectivity index (χ0n) is 19.0. The molecule has 0 bridgehead atoms. The molecule has 1 aliphatic rings. The summed E-state index contributed by atoms with van der Waals surface area (Å²) < 4.78 is 45.7. The fraction of sp³-hybridized carbons (Fsp3) is 0.652. The van der Waals surface area contributed by atoms with Gasteiger partial charge in [-0.2, -0.15) is 13.2 Å². The number of halogens is 4. The lowest BCUT2D eigenvalue weighted by molar-refractivity contribution is -0.189. The first-order valence-corrected chi connectivity index (χ1v) is 11.4. The van der Waals surface area contributed by atoms with E-state index in [1.807, 2.05) is 0 Å². The van der Waals surface area contributed by atoms with Gasteiger partial charge < -0.3 is 10.1 Å². The highest BCUT2D eigenvalue weighted by Crippen LogP contribution is 2.34. The van der Waals surface area contributed by atoms with Crippen LogP contribution in [0.2, 0.25) is 5.02 Å². The highest BCUT2D eigenvalue weighted by Gasteiger charge is 2.47. The van der Waals surface area contributed by atoms with Crippen molar-refractivity contribution in [3.63, 3.8) is 0 Å². The molecule has 2 rings (SSSR count). The number of hydrogen-bond donors (Lipinski definition) is 1. The quantitative estimate of drug-likeness (QED) is 0.516. The van der Waals surface area contributed by atoms with Crippen molar-refractivity contribution in [3.8, 4) is 0 Å². The van der Waals surface area contributed by atoms with Crippen LogP contribution < -0.4 is 5.32 Å². The molecule has 180 valence electrons. The van der Waals surface area contributed by atoms with Crippen LogP contribution in [0.3, 0.4) is 0 Å². The van der Waals surface area contributed by atoms with Gasteiger partial charge in [0.05, 0.1) is 29.2 Å². The predicted octanol–water partition coefficient (Wildman–Crippen LogP) is 5.32. The molecule has 0 aromatic heterocycles. The van der Waals surface area contributed by atoms with Crippen LogP contribution in [0, 0.1) is 17.8 Å². The molecule has 3 unspecified atom stereocenters. The van der Waals surface area contributed by atoms with E-state index >= 15 is 0 Å². The van der Waals surface area contributed by atoms with Crippen molar-refractivity contribution in [2.45, 2.75) is 59.2 Å². The second kappa shape index (κ2) is 11.4. The van der Waals surface area contributed by atoms with E-state index in [9.17, 15) is 22.8 Å². The summed E-state index contributed by atoms with van der Waals surface area (Å²) in [5.74, 6) is -2.90. The average Bonchev–Trinajstić information content (AvgIpc) is 2.71. The smallest absolute Gasteiger partial charge is 0.393 e. The largest absolute Gasteiger partial charge is 0.466 e. The Kier molecular flexibility index (Phi) is 9.40.